The first-order valence-corrected chi connectivity index (χ1v) is 37.6. The van der Waals surface area contributed by atoms with Gasteiger partial charge in [-0.2, -0.15) is 0 Å². The molecule has 0 aromatic carbocycles. The van der Waals surface area contributed by atoms with Gasteiger partial charge in [0.05, 0.1) is 32.2 Å². The zero-order valence-electron chi connectivity index (χ0n) is 50.9. The molecule has 456 valence electrons. The van der Waals surface area contributed by atoms with E-state index in [4.69, 9.17) is 9.47 Å². The van der Waals surface area contributed by atoms with Crippen LogP contribution in [0.5, 0.6) is 0 Å². The van der Waals surface area contributed by atoms with Crippen molar-refractivity contribution < 1.29 is 29.0 Å². The Labute approximate surface area is 493 Å². The summed E-state index contributed by atoms with van der Waals surface area (Å²) in [7, 11) is 10.3. The largest absolute Gasteiger partial charge is 0.466 e. The number of rotatable bonds is 64. The molecule has 0 rings (SSSR count). The van der Waals surface area contributed by atoms with Crippen LogP contribution < -0.4 is 5.32 Å². The summed E-state index contributed by atoms with van der Waals surface area (Å²) in [5.74, 6) is 4.81. The lowest BCUT2D eigenvalue weighted by atomic mass is 10.1. The molecule has 0 radical (unpaired) electrons. The summed E-state index contributed by atoms with van der Waals surface area (Å²) in [6.07, 6.45) is 52.5. The second-order valence-corrected chi connectivity index (χ2v) is 27.5. The first-order chi connectivity index (χ1) is 37.8. The Morgan fingerprint density at radius 1 is 0.442 bits per heavy atom. The zero-order chi connectivity index (χ0) is 56.0. The molecule has 9 nitrogen and oxygen atoms in total. The number of hydrogen-bond acceptors (Lipinski definition) is 12. The Morgan fingerprint density at radius 2 is 0.844 bits per heavy atom. The summed E-state index contributed by atoms with van der Waals surface area (Å²) in [5, 5.41) is 13.2. The summed E-state index contributed by atoms with van der Waals surface area (Å²) in [4.78, 5) is 42.6. The predicted octanol–water partition coefficient (Wildman–Crippen LogP) is 18.5. The number of hydrogen-bond donors (Lipinski definition) is 2. The monoisotopic (exact) mass is 1160 g/mol. The van der Waals surface area contributed by atoms with E-state index in [9.17, 15) is 19.5 Å². The van der Waals surface area contributed by atoms with E-state index in [0.717, 1.165) is 103 Å². The average molecular weight is 1160 g/mol. The van der Waals surface area contributed by atoms with Gasteiger partial charge in [-0.3, -0.25) is 14.4 Å². The fraction of sp³-hybridized carbons (Fsp3) is 0.922. The van der Waals surface area contributed by atoms with Crippen LogP contribution in [0, 0.1) is 0 Å². The molecule has 0 aliphatic rings. The summed E-state index contributed by atoms with van der Waals surface area (Å²) < 4.78 is 11.3. The van der Waals surface area contributed by atoms with Crippen molar-refractivity contribution in [1.29, 1.82) is 0 Å². The Kier molecular flexibility index (Phi) is 64.1. The maximum atomic E-state index is 12.8. The highest BCUT2D eigenvalue weighted by molar-refractivity contribution is 8.77. The lowest BCUT2D eigenvalue weighted by Crippen LogP contribution is -2.31. The Balaban J connectivity index is 4.35. The van der Waals surface area contributed by atoms with E-state index in [0.29, 0.717) is 52.1 Å². The summed E-state index contributed by atoms with van der Waals surface area (Å²) in [5.41, 5.74) is 0. The number of aliphatic hydroxyl groups is 1. The van der Waals surface area contributed by atoms with Gasteiger partial charge >= 0.3 is 11.9 Å². The van der Waals surface area contributed by atoms with Gasteiger partial charge in [-0.05, 0) is 117 Å². The number of carbonyl (C=O) groups is 3. The number of aliphatic hydroxyl groups excluding tert-OH is 1. The number of nitrogens with one attached hydrogen (secondary N) is 1. The van der Waals surface area contributed by atoms with Crippen molar-refractivity contribution in [3.8, 4) is 0 Å². The first-order valence-electron chi connectivity index (χ1n) is 32.6. The third-order valence-corrected chi connectivity index (χ3v) is 19.6. The predicted molar refractivity (Wildman–Crippen MR) is 345 cm³/mol. The van der Waals surface area contributed by atoms with Crippen molar-refractivity contribution in [1.82, 2.24) is 15.1 Å². The number of ether oxygens (including phenoxy) is 2. The molecule has 1 atom stereocenters. The third-order valence-electron chi connectivity index (χ3n) is 14.4. The Bertz CT molecular complexity index is 1220. The van der Waals surface area contributed by atoms with Gasteiger partial charge in [0, 0.05) is 49.1 Å². The van der Waals surface area contributed by atoms with Crippen LogP contribution in [0.2, 0.25) is 0 Å². The van der Waals surface area contributed by atoms with Crippen LogP contribution in [-0.2, 0) is 23.9 Å². The number of allylic oxidation sites excluding steroid dienone is 1. The fourth-order valence-corrected chi connectivity index (χ4v) is 13.9. The minimum Gasteiger partial charge on any atom is -0.466 e. The molecule has 0 spiro atoms. The van der Waals surface area contributed by atoms with Crippen molar-refractivity contribution >= 4 is 61.0 Å². The van der Waals surface area contributed by atoms with E-state index < -0.39 is 0 Å². The summed E-state index contributed by atoms with van der Waals surface area (Å²) >= 11 is 0. The van der Waals surface area contributed by atoms with Crippen LogP contribution in [0.15, 0.2) is 12.2 Å². The molecule has 0 heterocycles. The minimum atomic E-state index is -0.193. The normalized spacial score (nSPS) is 12.1. The van der Waals surface area contributed by atoms with Crippen LogP contribution in [0.25, 0.3) is 0 Å². The maximum Gasteiger partial charge on any atom is 0.307 e. The number of carbonyl (C=O) groups excluding carboxylic acids is 3. The van der Waals surface area contributed by atoms with Crippen LogP contribution in [0.3, 0.4) is 0 Å². The van der Waals surface area contributed by atoms with Gasteiger partial charge in [0.1, 0.15) is 0 Å². The number of esters is 2. The van der Waals surface area contributed by atoms with E-state index in [2.05, 4.69) is 55.1 Å². The van der Waals surface area contributed by atoms with Crippen LogP contribution in [0.4, 0.5) is 0 Å². The fourth-order valence-electron chi connectivity index (χ4n) is 9.28. The highest BCUT2D eigenvalue weighted by Crippen LogP contribution is 2.26. The van der Waals surface area contributed by atoms with Crippen molar-refractivity contribution in [3.05, 3.63) is 12.2 Å². The summed E-state index contributed by atoms with van der Waals surface area (Å²) in [6, 6.07) is 0. The molecule has 2 N–H and O–H groups in total. The van der Waals surface area contributed by atoms with Gasteiger partial charge in [-0.15, -0.1) is 0 Å². The number of nitrogens with zero attached hydrogens (tertiary/aromatic N) is 2. The van der Waals surface area contributed by atoms with Crippen LogP contribution in [0.1, 0.15) is 290 Å². The van der Waals surface area contributed by atoms with Crippen molar-refractivity contribution in [2.24, 2.45) is 0 Å². The molecule has 0 aromatic rings. The smallest absolute Gasteiger partial charge is 0.307 e. The topological polar surface area (TPSA) is 108 Å². The van der Waals surface area contributed by atoms with E-state index >= 15 is 0 Å². The second-order valence-electron chi connectivity index (χ2n) is 22.1. The van der Waals surface area contributed by atoms with Crippen molar-refractivity contribution in [2.75, 3.05) is 82.5 Å². The van der Waals surface area contributed by atoms with Crippen LogP contribution in [-0.4, -0.2) is 121 Å². The number of amides is 1. The van der Waals surface area contributed by atoms with E-state index in [1.807, 2.05) is 43.2 Å². The highest BCUT2D eigenvalue weighted by Gasteiger charge is 2.13. The SMILES string of the molecule is CCCCCCCCCCSSCCCCCCOC(=O)CCN(CCCCN(C)CCCNC(=O)CCCCCCC/C=C\C[C@@H](O)CCCCCC)CCC(=O)OCCCCCCSSCCCCCCCCCC. The highest BCUT2D eigenvalue weighted by atomic mass is 33.1. The van der Waals surface area contributed by atoms with Gasteiger partial charge in [0.2, 0.25) is 5.91 Å². The van der Waals surface area contributed by atoms with Crippen molar-refractivity contribution in [3.63, 3.8) is 0 Å². The van der Waals surface area contributed by atoms with E-state index in [1.165, 1.54) is 190 Å². The maximum absolute atomic E-state index is 12.8. The lowest BCUT2D eigenvalue weighted by molar-refractivity contribution is -0.144. The van der Waals surface area contributed by atoms with Gasteiger partial charge < -0.3 is 29.7 Å². The molecule has 0 aromatic heterocycles. The molecule has 0 fully saturated rings. The molecule has 0 bridgehead atoms. The second kappa shape index (κ2) is 64.6. The lowest BCUT2D eigenvalue weighted by Gasteiger charge is -2.22. The van der Waals surface area contributed by atoms with Crippen molar-refractivity contribution in [2.45, 2.75) is 297 Å². The van der Waals surface area contributed by atoms with E-state index in [-0.39, 0.29) is 23.9 Å². The molecule has 0 saturated heterocycles. The van der Waals surface area contributed by atoms with Gasteiger partial charge in [0.15, 0.2) is 0 Å². The molecular formula is C64H125N3O6S4. The Hall–Kier alpha value is -0.570. The molecule has 0 unspecified atom stereocenters. The van der Waals surface area contributed by atoms with Gasteiger partial charge in [-0.1, -0.05) is 237 Å². The molecule has 0 saturated carbocycles. The number of unbranched alkanes of at least 4 members (excludes halogenated alkanes) is 29. The first kappa shape index (κ1) is 76.4. The third kappa shape index (κ3) is 62.9. The molecule has 1 amide bonds. The molecule has 13 heteroatoms. The van der Waals surface area contributed by atoms with Gasteiger partial charge in [-0.25, -0.2) is 0 Å². The molecule has 0 aliphatic heterocycles. The summed E-state index contributed by atoms with van der Waals surface area (Å²) in [6.45, 7) is 12.4. The minimum absolute atomic E-state index is 0.145. The zero-order valence-corrected chi connectivity index (χ0v) is 54.2. The quantitative estimate of drug-likeness (QED) is 0.0262. The van der Waals surface area contributed by atoms with Gasteiger partial charge in [0.25, 0.3) is 0 Å². The molecular weight excluding hydrogens is 1030 g/mol. The average Bonchev–Trinajstić information content (AvgIpc) is 3.42. The standard InChI is InChI=1S/C64H125N3O6S4/c1-5-8-11-14-16-22-28-39-57-74-76-59-41-30-26-37-55-72-63(70)47-53-67(54-48-64(71)73-56-38-27-31-42-60-77-75-58-40-29-23-17-15-12-9-6-2)52-36-35-50-66(4)51-43-49-65-62(69)46-34-25-21-19-18-20-24-33-45-61(68)44-32-13-10-7-3/h24,33,61,68H,5-23,25-32,34-60H2,1-4H3,(H,65,69)/b33-24-/t61-/m0/s1. The van der Waals surface area contributed by atoms with E-state index in [1.54, 1.807) is 0 Å². The molecule has 77 heavy (non-hydrogen) atoms. The molecule has 0 aliphatic carbocycles. The van der Waals surface area contributed by atoms with Crippen LogP contribution >= 0.6 is 43.2 Å². The Morgan fingerprint density at radius 3 is 1.34 bits per heavy atom.